The van der Waals surface area contributed by atoms with Crippen LogP contribution in [0.5, 0.6) is 0 Å². The van der Waals surface area contributed by atoms with E-state index in [1.54, 1.807) is 6.21 Å². The summed E-state index contributed by atoms with van der Waals surface area (Å²) in [6.07, 6.45) is 5.28. The van der Waals surface area contributed by atoms with Crippen LogP contribution in [-0.2, 0) is 0 Å². The normalized spacial score (nSPS) is 13.9. The summed E-state index contributed by atoms with van der Waals surface area (Å²) in [6, 6.07) is 16.0. The van der Waals surface area contributed by atoms with Gasteiger partial charge in [0, 0.05) is 37.3 Å². The maximum Gasteiger partial charge on any atom is 0.250 e. The Bertz CT molecular complexity index is 1060. The SMILES string of the molecule is CN(C)c1ccc(/C=N/Nc2nc(Nc3ccccc3)nc(N3CCCCC3)n2)cc1Br. The highest BCUT2D eigenvalue weighted by molar-refractivity contribution is 9.10. The maximum absolute atomic E-state index is 4.65. The van der Waals surface area contributed by atoms with Gasteiger partial charge in [0.15, 0.2) is 0 Å². The van der Waals surface area contributed by atoms with Gasteiger partial charge in [-0.1, -0.05) is 24.3 Å². The van der Waals surface area contributed by atoms with E-state index in [0.717, 1.165) is 47.3 Å². The molecule has 0 unspecified atom stereocenters. The number of aromatic nitrogens is 3. The van der Waals surface area contributed by atoms with E-state index in [2.05, 4.69) is 56.5 Å². The summed E-state index contributed by atoms with van der Waals surface area (Å²) in [5.74, 6) is 1.55. The molecule has 1 saturated heterocycles. The van der Waals surface area contributed by atoms with Gasteiger partial charge in [-0.2, -0.15) is 20.1 Å². The molecule has 32 heavy (non-hydrogen) atoms. The standard InChI is InChI=1S/C23H27BrN8/c1-31(2)20-12-11-17(15-19(20)24)16-25-30-22-27-21(26-18-9-5-3-6-10-18)28-23(29-22)32-13-7-4-8-14-32/h3,5-6,9-12,15-16H,4,7-8,13-14H2,1-2H3,(H2,26,27,28,29,30)/b25-16+. The second-order valence-corrected chi connectivity index (χ2v) is 8.65. The van der Waals surface area contributed by atoms with Crippen molar-refractivity contribution in [2.24, 2.45) is 5.10 Å². The summed E-state index contributed by atoms with van der Waals surface area (Å²) in [5, 5.41) is 7.62. The quantitative estimate of drug-likeness (QED) is 0.357. The van der Waals surface area contributed by atoms with E-state index in [4.69, 9.17) is 0 Å². The number of para-hydroxylation sites is 1. The zero-order chi connectivity index (χ0) is 22.3. The zero-order valence-electron chi connectivity index (χ0n) is 18.3. The third kappa shape index (κ3) is 5.73. The minimum atomic E-state index is 0.402. The summed E-state index contributed by atoms with van der Waals surface area (Å²) in [4.78, 5) is 18.0. The second kappa shape index (κ2) is 10.4. The number of hydrogen-bond acceptors (Lipinski definition) is 8. The minimum absolute atomic E-state index is 0.402. The fraction of sp³-hybridized carbons (Fsp3) is 0.304. The first-order valence-electron chi connectivity index (χ1n) is 10.7. The maximum atomic E-state index is 4.65. The second-order valence-electron chi connectivity index (χ2n) is 7.80. The van der Waals surface area contributed by atoms with Crippen molar-refractivity contribution in [2.45, 2.75) is 19.3 Å². The molecule has 2 aromatic carbocycles. The third-order valence-corrected chi connectivity index (χ3v) is 5.76. The molecule has 1 aliphatic rings. The summed E-state index contributed by atoms with van der Waals surface area (Å²) in [5.41, 5.74) is 5.96. The van der Waals surface area contributed by atoms with Crippen LogP contribution in [0.15, 0.2) is 58.1 Å². The smallest absolute Gasteiger partial charge is 0.250 e. The van der Waals surface area contributed by atoms with Crippen molar-refractivity contribution in [1.29, 1.82) is 0 Å². The number of nitrogens with one attached hydrogen (secondary N) is 2. The number of hydrazone groups is 1. The molecular weight excluding hydrogens is 468 g/mol. The van der Waals surface area contributed by atoms with Gasteiger partial charge in [-0.3, -0.25) is 0 Å². The van der Waals surface area contributed by atoms with Crippen LogP contribution in [0.2, 0.25) is 0 Å². The van der Waals surface area contributed by atoms with E-state index in [1.807, 2.05) is 62.6 Å². The molecule has 0 saturated carbocycles. The van der Waals surface area contributed by atoms with Crippen molar-refractivity contribution in [3.63, 3.8) is 0 Å². The van der Waals surface area contributed by atoms with Crippen molar-refractivity contribution >= 4 is 51.4 Å². The lowest BCUT2D eigenvalue weighted by molar-refractivity contribution is 0.568. The molecule has 0 aliphatic carbocycles. The van der Waals surface area contributed by atoms with Crippen molar-refractivity contribution in [3.8, 4) is 0 Å². The van der Waals surface area contributed by atoms with Gasteiger partial charge in [0.1, 0.15) is 0 Å². The lowest BCUT2D eigenvalue weighted by Gasteiger charge is -2.26. The van der Waals surface area contributed by atoms with E-state index < -0.39 is 0 Å². The van der Waals surface area contributed by atoms with E-state index in [9.17, 15) is 0 Å². The molecule has 9 heteroatoms. The van der Waals surface area contributed by atoms with Crippen LogP contribution in [-0.4, -0.2) is 48.4 Å². The molecule has 3 aromatic rings. The number of hydrogen-bond donors (Lipinski definition) is 2. The Morgan fingerprint density at radius 1 is 0.969 bits per heavy atom. The molecule has 2 N–H and O–H groups in total. The van der Waals surface area contributed by atoms with Crippen LogP contribution in [0.25, 0.3) is 0 Å². The molecule has 2 heterocycles. The Hall–Kier alpha value is -3.20. The number of benzene rings is 2. The van der Waals surface area contributed by atoms with E-state index in [0.29, 0.717) is 17.8 Å². The van der Waals surface area contributed by atoms with Gasteiger partial charge in [-0.15, -0.1) is 0 Å². The van der Waals surface area contributed by atoms with Gasteiger partial charge < -0.3 is 15.1 Å². The van der Waals surface area contributed by atoms with E-state index >= 15 is 0 Å². The highest BCUT2D eigenvalue weighted by Crippen LogP contribution is 2.25. The number of halogens is 1. The molecule has 8 nitrogen and oxygen atoms in total. The Balaban J connectivity index is 1.54. The Kier molecular flexibility index (Phi) is 7.16. The first-order valence-corrected chi connectivity index (χ1v) is 11.5. The van der Waals surface area contributed by atoms with Gasteiger partial charge >= 0.3 is 0 Å². The van der Waals surface area contributed by atoms with Crippen LogP contribution in [0.4, 0.5) is 29.2 Å². The van der Waals surface area contributed by atoms with Crippen LogP contribution >= 0.6 is 15.9 Å². The summed E-state index contributed by atoms with van der Waals surface area (Å²) in [7, 11) is 4.02. The average Bonchev–Trinajstić information content (AvgIpc) is 2.80. The van der Waals surface area contributed by atoms with Crippen molar-refractivity contribution in [3.05, 3.63) is 58.6 Å². The zero-order valence-corrected chi connectivity index (χ0v) is 19.9. The molecule has 1 fully saturated rings. The van der Waals surface area contributed by atoms with Crippen LogP contribution < -0.4 is 20.5 Å². The number of anilines is 5. The van der Waals surface area contributed by atoms with E-state index in [-0.39, 0.29) is 0 Å². The molecule has 0 amide bonds. The van der Waals surface area contributed by atoms with Crippen LogP contribution in [0, 0.1) is 0 Å². The highest BCUT2D eigenvalue weighted by atomic mass is 79.9. The largest absolute Gasteiger partial charge is 0.377 e. The summed E-state index contributed by atoms with van der Waals surface area (Å²) >= 11 is 3.61. The summed E-state index contributed by atoms with van der Waals surface area (Å²) in [6.45, 7) is 1.90. The van der Waals surface area contributed by atoms with E-state index in [1.165, 1.54) is 6.42 Å². The van der Waals surface area contributed by atoms with Crippen molar-refractivity contribution in [1.82, 2.24) is 15.0 Å². The van der Waals surface area contributed by atoms with Gasteiger partial charge in [0.25, 0.3) is 0 Å². The van der Waals surface area contributed by atoms with Crippen molar-refractivity contribution < 1.29 is 0 Å². The minimum Gasteiger partial charge on any atom is -0.377 e. The van der Waals surface area contributed by atoms with Gasteiger partial charge in [-0.25, -0.2) is 5.43 Å². The molecule has 0 atom stereocenters. The van der Waals surface area contributed by atoms with Gasteiger partial charge in [0.05, 0.1) is 11.9 Å². The molecule has 4 rings (SSSR count). The molecule has 1 aliphatic heterocycles. The van der Waals surface area contributed by atoms with Gasteiger partial charge in [-0.05, 0) is 65.0 Å². The lowest BCUT2D eigenvalue weighted by Crippen LogP contribution is -2.31. The molecule has 166 valence electrons. The fourth-order valence-electron chi connectivity index (χ4n) is 3.49. The number of nitrogens with zero attached hydrogens (tertiary/aromatic N) is 6. The predicted octanol–water partition coefficient (Wildman–Crippen LogP) is 4.88. The molecule has 1 aromatic heterocycles. The van der Waals surface area contributed by atoms with Crippen LogP contribution in [0.3, 0.4) is 0 Å². The Labute approximate surface area is 196 Å². The number of rotatable bonds is 7. The Morgan fingerprint density at radius 2 is 1.72 bits per heavy atom. The van der Waals surface area contributed by atoms with Crippen molar-refractivity contribution in [2.75, 3.05) is 47.7 Å². The molecular formula is C23H27BrN8. The third-order valence-electron chi connectivity index (χ3n) is 5.12. The number of piperidine rings is 1. The average molecular weight is 495 g/mol. The molecule has 0 bridgehead atoms. The lowest BCUT2D eigenvalue weighted by atomic mass is 10.1. The highest BCUT2D eigenvalue weighted by Gasteiger charge is 2.16. The Morgan fingerprint density at radius 3 is 2.44 bits per heavy atom. The molecule has 0 spiro atoms. The predicted molar refractivity (Wildman–Crippen MR) is 135 cm³/mol. The molecule has 0 radical (unpaired) electrons. The topological polar surface area (TPSA) is 81.6 Å². The summed E-state index contributed by atoms with van der Waals surface area (Å²) < 4.78 is 1.01. The van der Waals surface area contributed by atoms with Crippen LogP contribution in [0.1, 0.15) is 24.8 Å². The first kappa shape index (κ1) is 22.0. The first-order chi connectivity index (χ1) is 15.6. The monoisotopic (exact) mass is 494 g/mol. The fourth-order valence-corrected chi connectivity index (χ4v) is 4.24. The van der Waals surface area contributed by atoms with Gasteiger partial charge in [0.2, 0.25) is 17.8 Å².